The van der Waals surface area contributed by atoms with E-state index in [1.54, 1.807) is 0 Å². The van der Waals surface area contributed by atoms with Gasteiger partial charge in [0.2, 0.25) is 17.8 Å². The number of para-hydroxylation sites is 8. The summed E-state index contributed by atoms with van der Waals surface area (Å²) in [6.07, 6.45) is 0. The highest BCUT2D eigenvalue weighted by Gasteiger charge is 2.26. The van der Waals surface area contributed by atoms with Gasteiger partial charge in [0.25, 0.3) is 0 Å². The van der Waals surface area contributed by atoms with Gasteiger partial charge >= 0.3 is 0 Å². The Kier molecular flexibility index (Phi) is 20.5. The summed E-state index contributed by atoms with van der Waals surface area (Å²) in [4.78, 5) is 45.9. The molecule has 29 rings (SSSR count). The normalized spacial score (nSPS) is 11.6. The zero-order chi connectivity index (χ0) is 95.1. The van der Waals surface area contributed by atoms with E-state index in [-0.39, 0.29) is 0 Å². The molecule has 0 fully saturated rings. The highest BCUT2D eigenvalue weighted by atomic mass is 16.3. The Bertz CT molecular complexity index is 9840. The van der Waals surface area contributed by atoms with Crippen LogP contribution < -0.4 is 0 Å². The largest absolute Gasteiger partial charge is 0.456 e. The third-order valence-electron chi connectivity index (χ3n) is 27.3. The van der Waals surface area contributed by atoms with E-state index in [1.807, 2.05) is 103 Å². The van der Waals surface area contributed by atoms with Crippen LogP contribution in [-0.2, 0) is 0 Å². The van der Waals surface area contributed by atoms with E-state index in [2.05, 4.69) is 407 Å². The SMILES string of the molecule is c1ccc(-c2ccc(-c3nc(-c4cccc(-n5c6ccccc6c6ccccc65)c4)nc(-n4c5ccccc5c5ccccc54)n3)cc2)cc1.c1ccc(-c2cccc(-c3cccc4oc5cc(-c6nc(-c7ccccc7)nc(-n7c8ccccc8c8ccccc87)n6)ccc5c34)c2)cc1.c1ccc(-c2nc(-c3ccc4c(c3)oc3cccc(-c5ccccc5)c34)nc(-n3c4ccccc4c4ccccc43)n2)cc1. The predicted molar refractivity (Wildman–Crippen MR) is 586 cm³/mol. The van der Waals surface area contributed by atoms with Crippen LogP contribution in [-0.4, -0.2) is 63.1 Å². The number of hydrogen-bond donors (Lipinski definition) is 0. The van der Waals surface area contributed by atoms with Crippen LogP contribution in [0.15, 0.2) is 500 Å². The highest BCUT2D eigenvalue weighted by molar-refractivity contribution is 6.17. The molecule has 29 aromatic rings. The highest BCUT2D eigenvalue weighted by Crippen LogP contribution is 2.45. The average molecular weight is 1850 g/mol. The summed E-state index contributed by atoms with van der Waals surface area (Å²) in [5.41, 5.74) is 27.6. The van der Waals surface area contributed by atoms with Crippen molar-refractivity contribution < 1.29 is 8.83 Å². The van der Waals surface area contributed by atoms with E-state index in [1.165, 1.54) is 27.5 Å². The number of hydrogen-bond acceptors (Lipinski definition) is 11. The molecule has 674 valence electrons. The molecule has 0 unspecified atom stereocenters. The van der Waals surface area contributed by atoms with E-state index in [0.717, 1.165) is 187 Å². The molecule has 144 heavy (non-hydrogen) atoms. The maximum absolute atomic E-state index is 6.55. The average Bonchev–Trinajstić information content (AvgIpc) is 1.53. The summed E-state index contributed by atoms with van der Waals surface area (Å²) in [5.74, 6) is 5.34. The maximum atomic E-state index is 6.55. The fourth-order valence-corrected chi connectivity index (χ4v) is 20.7. The molecule has 0 bridgehead atoms. The van der Waals surface area contributed by atoms with Gasteiger partial charge in [0.05, 0.1) is 44.1 Å². The minimum atomic E-state index is 0.566. The molecule has 0 radical (unpaired) electrons. The van der Waals surface area contributed by atoms with Crippen molar-refractivity contribution in [2.45, 2.75) is 0 Å². The number of nitrogens with zero attached hydrogens (tertiary/aromatic N) is 13. The Hall–Kier alpha value is -19.8. The van der Waals surface area contributed by atoms with E-state index >= 15 is 0 Å². The zero-order valence-corrected chi connectivity index (χ0v) is 77.4. The van der Waals surface area contributed by atoms with E-state index in [4.69, 9.17) is 53.7 Å². The van der Waals surface area contributed by atoms with Crippen LogP contribution in [0.4, 0.5) is 0 Å². The Morgan fingerprint density at radius 1 is 0.139 bits per heavy atom. The van der Waals surface area contributed by atoms with Crippen molar-refractivity contribution >= 4 is 131 Å². The minimum absolute atomic E-state index is 0.566. The van der Waals surface area contributed by atoms with Crippen molar-refractivity contribution in [1.29, 1.82) is 0 Å². The summed E-state index contributed by atoms with van der Waals surface area (Å²) in [7, 11) is 0. The molecule has 20 aromatic carbocycles. The molecule has 0 aliphatic carbocycles. The molecule has 0 spiro atoms. The number of benzene rings is 20. The molecule has 9 aromatic heterocycles. The molecule has 9 heterocycles. The molecule has 0 N–H and O–H groups in total. The Labute approximate surface area is 825 Å². The van der Waals surface area contributed by atoms with Crippen LogP contribution in [0.1, 0.15) is 0 Å². The van der Waals surface area contributed by atoms with E-state index in [0.29, 0.717) is 52.8 Å². The molecule has 0 amide bonds. The molecular weight excluding hydrogens is 1760 g/mol. The van der Waals surface area contributed by atoms with Crippen LogP contribution in [0, 0.1) is 0 Å². The smallest absolute Gasteiger partial charge is 0.238 e. The van der Waals surface area contributed by atoms with Gasteiger partial charge in [-0.15, -0.1) is 0 Å². The van der Waals surface area contributed by atoms with Gasteiger partial charge in [-0.3, -0.25) is 13.7 Å². The van der Waals surface area contributed by atoms with Crippen LogP contribution in [0.3, 0.4) is 0 Å². The lowest BCUT2D eigenvalue weighted by Gasteiger charge is -2.13. The van der Waals surface area contributed by atoms with Gasteiger partial charge in [0.15, 0.2) is 34.9 Å². The van der Waals surface area contributed by atoms with Crippen molar-refractivity contribution in [2.24, 2.45) is 0 Å². The lowest BCUT2D eigenvalue weighted by Crippen LogP contribution is -2.06. The van der Waals surface area contributed by atoms with Crippen LogP contribution in [0.2, 0.25) is 0 Å². The van der Waals surface area contributed by atoms with Crippen molar-refractivity contribution in [2.75, 3.05) is 0 Å². The van der Waals surface area contributed by atoms with E-state index in [9.17, 15) is 0 Å². The van der Waals surface area contributed by atoms with Gasteiger partial charge in [-0.2, -0.15) is 29.9 Å². The number of fused-ring (bicyclic) bond motifs is 18. The topological polar surface area (TPSA) is 162 Å². The minimum Gasteiger partial charge on any atom is -0.456 e. The van der Waals surface area contributed by atoms with Crippen LogP contribution in [0.5, 0.6) is 0 Å². The van der Waals surface area contributed by atoms with Gasteiger partial charge < -0.3 is 13.4 Å². The first-order chi connectivity index (χ1) is 71.4. The first kappa shape index (κ1) is 83.6. The van der Waals surface area contributed by atoms with Crippen molar-refractivity contribution in [3.63, 3.8) is 0 Å². The fraction of sp³-hybridized carbons (Fsp3) is 0. The maximum Gasteiger partial charge on any atom is 0.238 e. The first-order valence-electron chi connectivity index (χ1n) is 48.1. The second-order valence-corrected chi connectivity index (χ2v) is 35.8. The number of rotatable bonds is 14. The predicted octanol–water partition coefficient (Wildman–Crippen LogP) is 32.5. The molecule has 0 aliphatic heterocycles. The Morgan fingerprint density at radius 3 is 0.750 bits per heavy atom. The molecule has 0 atom stereocenters. The Balaban J connectivity index is 0.000000108. The summed E-state index contributed by atoms with van der Waals surface area (Å²) in [6.45, 7) is 0. The molecule has 0 saturated carbocycles. The van der Waals surface area contributed by atoms with Crippen molar-refractivity contribution in [3.8, 4) is 136 Å². The Morgan fingerprint density at radius 2 is 0.382 bits per heavy atom. The third-order valence-corrected chi connectivity index (χ3v) is 27.3. The molecular formula is C129H81N13O2. The van der Waals surface area contributed by atoms with Crippen molar-refractivity contribution in [3.05, 3.63) is 491 Å². The number of aromatic nitrogens is 13. The van der Waals surface area contributed by atoms with Crippen LogP contribution >= 0.6 is 0 Å². The summed E-state index contributed by atoms with van der Waals surface area (Å²) >= 11 is 0. The first-order valence-corrected chi connectivity index (χ1v) is 48.1. The lowest BCUT2D eigenvalue weighted by molar-refractivity contribution is 0.668. The van der Waals surface area contributed by atoms with E-state index < -0.39 is 0 Å². The van der Waals surface area contributed by atoms with Gasteiger partial charge in [0, 0.05) is 104 Å². The summed E-state index contributed by atoms with van der Waals surface area (Å²) < 4.78 is 21.7. The van der Waals surface area contributed by atoms with Gasteiger partial charge in [0.1, 0.15) is 22.3 Å². The second kappa shape index (κ2) is 35.3. The number of furan rings is 2. The van der Waals surface area contributed by atoms with Crippen molar-refractivity contribution in [1.82, 2.24) is 63.1 Å². The second-order valence-electron chi connectivity index (χ2n) is 35.8. The fourth-order valence-electron chi connectivity index (χ4n) is 20.7. The van der Waals surface area contributed by atoms with Gasteiger partial charge in [-0.1, -0.05) is 388 Å². The third kappa shape index (κ3) is 14.8. The summed E-state index contributed by atoms with van der Waals surface area (Å²) in [6, 6.07) is 170. The summed E-state index contributed by atoms with van der Waals surface area (Å²) in [5, 5.41) is 13.7. The van der Waals surface area contributed by atoms with Gasteiger partial charge in [-0.05, 0) is 148 Å². The van der Waals surface area contributed by atoms with Gasteiger partial charge in [-0.25, -0.2) is 15.0 Å². The molecule has 0 aliphatic rings. The monoisotopic (exact) mass is 1840 g/mol. The quantitative estimate of drug-likeness (QED) is 0.102. The zero-order valence-electron chi connectivity index (χ0n) is 77.4. The standard InChI is InChI=1S/C45H29N5.C45H28N4O.C39H24N4O/c1-2-13-30(14-3-1)31-25-27-32(28-26-31)43-46-44(48-45(47-43)50-41-23-10-6-19-37(41)38-20-7-11-24-42(38)50)33-15-12-16-34(29-33)49-39-21-8-4-17-35(39)36-18-5-9-22-40(36)49;1-3-13-29(14-4-1)31-17-11-18-32(27-31)34-21-12-24-40-42(34)37-26-25-33(28-41(37)50-40)44-46-43(30-15-5-2-6-16-30)47-45(48-44)49-38-22-9-7-19-35(38)36-20-8-10-23-39(36)49;1-3-12-25(13-4-1)28-18-11-21-34-36(28)31-23-22-27(24-35(31)44-34)38-40-37(26-14-5-2-6-15-26)41-39(42-38)43-32-19-9-7-16-29(32)30-17-8-10-20-33(30)43/h1-29H;1-28H;1-24H. The lowest BCUT2D eigenvalue weighted by atomic mass is 9.96. The molecule has 15 heteroatoms. The van der Waals surface area contributed by atoms with Crippen LogP contribution in [0.25, 0.3) is 267 Å². The molecule has 0 saturated heterocycles. The molecule has 15 nitrogen and oxygen atoms in total.